The highest BCUT2D eigenvalue weighted by Gasteiger charge is 2.32. The van der Waals surface area contributed by atoms with Crippen molar-refractivity contribution >= 4 is 21.5 Å². The van der Waals surface area contributed by atoms with Crippen molar-refractivity contribution in [2.24, 2.45) is 11.8 Å². The topological polar surface area (TPSA) is 72.9 Å². The van der Waals surface area contributed by atoms with Crippen LogP contribution in [-0.2, 0) is 27.6 Å². The van der Waals surface area contributed by atoms with Crippen LogP contribution < -0.4 is 9.04 Å². The van der Waals surface area contributed by atoms with Crippen LogP contribution in [-0.4, -0.2) is 40.6 Å². The van der Waals surface area contributed by atoms with Crippen LogP contribution in [0.2, 0.25) is 0 Å². The zero-order valence-corrected chi connectivity index (χ0v) is 20.5. The molecule has 0 bridgehead atoms. The van der Waals surface area contributed by atoms with Crippen molar-refractivity contribution < 1.29 is 22.7 Å². The van der Waals surface area contributed by atoms with E-state index in [2.05, 4.69) is 19.9 Å². The van der Waals surface area contributed by atoms with Gasteiger partial charge in [-0.3, -0.25) is 9.10 Å². The predicted octanol–water partition coefficient (Wildman–Crippen LogP) is 4.64. The molecule has 2 heterocycles. The molecule has 0 saturated carbocycles. The monoisotopic (exact) mass is 471 g/mol. The van der Waals surface area contributed by atoms with Crippen molar-refractivity contribution in [3.05, 3.63) is 53.1 Å². The van der Waals surface area contributed by atoms with Gasteiger partial charge in [0.2, 0.25) is 0 Å². The second-order valence-electron chi connectivity index (χ2n) is 9.24. The number of hydrogen-bond acceptors (Lipinski definition) is 5. The van der Waals surface area contributed by atoms with E-state index in [1.54, 1.807) is 12.1 Å². The largest absolute Gasteiger partial charge is 0.493 e. The fourth-order valence-corrected chi connectivity index (χ4v) is 6.28. The minimum Gasteiger partial charge on any atom is -0.493 e. The Kier molecular flexibility index (Phi) is 7.10. The average Bonchev–Trinajstić information content (AvgIpc) is 2.82. The Morgan fingerprint density at radius 1 is 1.15 bits per heavy atom. The summed E-state index contributed by atoms with van der Waals surface area (Å²) in [7, 11) is -3.83. The van der Waals surface area contributed by atoms with E-state index in [0.29, 0.717) is 30.4 Å². The summed E-state index contributed by atoms with van der Waals surface area (Å²) in [5.41, 5.74) is 3.29. The Bertz CT molecular complexity index is 1120. The molecule has 33 heavy (non-hydrogen) atoms. The summed E-state index contributed by atoms with van der Waals surface area (Å²) in [5, 5.41) is 0. The number of rotatable bonds is 7. The minimum atomic E-state index is -3.83. The summed E-state index contributed by atoms with van der Waals surface area (Å²) in [6.07, 6.45) is 3.61. The van der Waals surface area contributed by atoms with Gasteiger partial charge in [-0.25, -0.2) is 8.42 Å². The van der Waals surface area contributed by atoms with Crippen LogP contribution in [0.5, 0.6) is 5.75 Å². The number of aryl methyl sites for hydroxylation is 1. The van der Waals surface area contributed by atoms with Crippen LogP contribution in [0, 0.1) is 11.8 Å². The number of ketones is 1. The number of carbonyl (C=O) groups excluding carboxylic acids is 1. The van der Waals surface area contributed by atoms with Gasteiger partial charge in [-0.15, -0.1) is 0 Å². The number of anilines is 1. The molecule has 0 aromatic heterocycles. The lowest BCUT2D eigenvalue weighted by atomic mass is 9.93. The van der Waals surface area contributed by atoms with E-state index in [-0.39, 0.29) is 16.6 Å². The fourth-order valence-electron chi connectivity index (χ4n) is 4.63. The number of fused-ring (bicyclic) bond motifs is 1. The van der Waals surface area contributed by atoms with Gasteiger partial charge in [-0.2, -0.15) is 0 Å². The molecule has 2 aromatic rings. The Morgan fingerprint density at radius 3 is 2.61 bits per heavy atom. The molecule has 4 rings (SSSR count). The van der Waals surface area contributed by atoms with E-state index in [0.717, 1.165) is 50.1 Å². The highest BCUT2D eigenvalue weighted by atomic mass is 32.2. The van der Waals surface area contributed by atoms with Gasteiger partial charge in [0, 0.05) is 19.8 Å². The first kappa shape index (κ1) is 23.8. The summed E-state index contributed by atoms with van der Waals surface area (Å²) < 4.78 is 40.3. The van der Waals surface area contributed by atoms with E-state index in [4.69, 9.17) is 9.47 Å². The maximum atomic E-state index is 13.7. The van der Waals surface area contributed by atoms with Crippen molar-refractivity contribution in [2.75, 3.05) is 30.7 Å². The first-order chi connectivity index (χ1) is 15.8. The molecule has 2 aliphatic heterocycles. The number of hydrogen-bond donors (Lipinski definition) is 0. The zero-order valence-electron chi connectivity index (χ0n) is 19.7. The number of Topliss-reactive ketones (excluding diaryl/α,β-unsaturated/α-hetero) is 1. The maximum absolute atomic E-state index is 13.7. The maximum Gasteiger partial charge on any atom is 0.264 e. The third-order valence-electron chi connectivity index (χ3n) is 6.60. The van der Waals surface area contributed by atoms with Crippen molar-refractivity contribution in [1.82, 2.24) is 0 Å². The van der Waals surface area contributed by atoms with E-state index in [1.165, 1.54) is 22.9 Å². The third-order valence-corrected chi connectivity index (χ3v) is 8.38. The van der Waals surface area contributed by atoms with Gasteiger partial charge in [0.1, 0.15) is 5.75 Å². The van der Waals surface area contributed by atoms with Gasteiger partial charge in [-0.05, 0) is 79.8 Å². The SMILES string of the molecule is CCc1ccc2c(c1)CC(C)CN2S(=O)(=O)c1ccc(OCC2CCOCC2)c(C(C)=O)c1. The standard InChI is InChI=1S/C26H33NO5S/c1-4-20-5-7-25-22(14-20)13-18(2)16-27(25)33(29,30)23-6-8-26(24(15-23)19(3)28)32-17-21-9-11-31-12-10-21/h5-8,14-15,18,21H,4,9-13,16-17H2,1-3H3. The van der Waals surface area contributed by atoms with Gasteiger partial charge >= 0.3 is 0 Å². The normalized spacial score (nSPS) is 19.2. The molecular weight excluding hydrogens is 438 g/mol. The first-order valence-corrected chi connectivity index (χ1v) is 13.2. The van der Waals surface area contributed by atoms with Crippen LogP contribution >= 0.6 is 0 Å². The molecule has 0 spiro atoms. The summed E-state index contributed by atoms with van der Waals surface area (Å²) in [6.45, 7) is 7.96. The summed E-state index contributed by atoms with van der Waals surface area (Å²) >= 11 is 0. The zero-order chi connectivity index (χ0) is 23.6. The summed E-state index contributed by atoms with van der Waals surface area (Å²) in [6, 6.07) is 10.7. The van der Waals surface area contributed by atoms with Crippen LogP contribution in [0.1, 0.15) is 55.1 Å². The van der Waals surface area contributed by atoms with Gasteiger partial charge in [0.05, 0.1) is 22.8 Å². The first-order valence-electron chi connectivity index (χ1n) is 11.8. The second-order valence-corrected chi connectivity index (χ2v) is 11.1. The van der Waals surface area contributed by atoms with Crippen molar-refractivity contribution in [1.29, 1.82) is 0 Å². The second kappa shape index (κ2) is 9.85. The highest BCUT2D eigenvalue weighted by Crippen LogP contribution is 2.36. The molecule has 0 radical (unpaired) electrons. The number of sulfonamides is 1. The molecule has 2 aromatic carbocycles. The number of ether oxygens (including phenoxy) is 2. The minimum absolute atomic E-state index is 0.116. The third kappa shape index (κ3) is 5.09. The highest BCUT2D eigenvalue weighted by molar-refractivity contribution is 7.92. The lowest BCUT2D eigenvalue weighted by molar-refractivity contribution is 0.0495. The molecule has 6 nitrogen and oxygen atoms in total. The Hall–Kier alpha value is -2.38. The molecule has 1 saturated heterocycles. The Balaban J connectivity index is 1.64. The van der Waals surface area contributed by atoms with E-state index in [9.17, 15) is 13.2 Å². The van der Waals surface area contributed by atoms with E-state index >= 15 is 0 Å². The number of nitrogens with zero attached hydrogens (tertiary/aromatic N) is 1. The van der Waals surface area contributed by atoms with Crippen LogP contribution in [0.3, 0.4) is 0 Å². The molecule has 2 aliphatic rings. The molecule has 7 heteroatoms. The number of carbonyl (C=O) groups is 1. The van der Waals surface area contributed by atoms with Crippen molar-refractivity contribution in [3.63, 3.8) is 0 Å². The molecule has 0 aliphatic carbocycles. The molecular formula is C26H33NO5S. The molecule has 0 amide bonds. The van der Waals surface area contributed by atoms with Gasteiger partial charge in [0.25, 0.3) is 10.0 Å². The number of benzene rings is 2. The van der Waals surface area contributed by atoms with E-state index < -0.39 is 10.0 Å². The molecule has 1 atom stereocenters. The van der Waals surface area contributed by atoms with Gasteiger partial charge in [0.15, 0.2) is 5.78 Å². The summed E-state index contributed by atoms with van der Waals surface area (Å²) in [4.78, 5) is 12.5. The molecule has 1 fully saturated rings. The molecule has 0 N–H and O–H groups in total. The summed E-state index contributed by atoms with van der Waals surface area (Å²) in [5.74, 6) is 0.803. The fraction of sp³-hybridized carbons (Fsp3) is 0.500. The predicted molar refractivity (Wildman–Crippen MR) is 129 cm³/mol. The Morgan fingerprint density at radius 2 is 1.91 bits per heavy atom. The lowest BCUT2D eigenvalue weighted by Gasteiger charge is -2.34. The van der Waals surface area contributed by atoms with Gasteiger partial charge in [-0.1, -0.05) is 26.0 Å². The van der Waals surface area contributed by atoms with Crippen molar-refractivity contribution in [3.8, 4) is 5.75 Å². The van der Waals surface area contributed by atoms with Crippen LogP contribution in [0.15, 0.2) is 41.3 Å². The smallest absolute Gasteiger partial charge is 0.264 e. The van der Waals surface area contributed by atoms with Gasteiger partial charge < -0.3 is 9.47 Å². The average molecular weight is 472 g/mol. The van der Waals surface area contributed by atoms with Crippen LogP contribution in [0.4, 0.5) is 5.69 Å². The Labute approximate surface area is 196 Å². The van der Waals surface area contributed by atoms with E-state index in [1.807, 2.05) is 12.1 Å². The quantitative estimate of drug-likeness (QED) is 0.550. The lowest BCUT2D eigenvalue weighted by Crippen LogP contribution is -2.39. The van der Waals surface area contributed by atoms with Crippen molar-refractivity contribution in [2.45, 2.75) is 51.3 Å². The van der Waals surface area contributed by atoms with Crippen LogP contribution in [0.25, 0.3) is 0 Å². The molecule has 1 unspecified atom stereocenters. The molecule has 178 valence electrons.